The predicted molar refractivity (Wildman–Crippen MR) is 102 cm³/mol. The number of anilines is 1. The molecule has 0 spiro atoms. The maximum Gasteiger partial charge on any atom is 0.216 e. The summed E-state index contributed by atoms with van der Waals surface area (Å²) in [5.74, 6) is 0. The molecule has 0 aromatic heterocycles. The maximum absolute atomic E-state index is 11.9. The summed E-state index contributed by atoms with van der Waals surface area (Å²) in [7, 11) is -3.21. The molecule has 2 N–H and O–H groups in total. The fraction of sp³-hybridized carbons (Fsp3) is 0.684. The molecule has 0 saturated carbocycles. The first-order chi connectivity index (χ1) is 11.3. The summed E-state index contributed by atoms with van der Waals surface area (Å²) < 4.78 is 25.8. The second-order valence-corrected chi connectivity index (χ2v) is 10.2. The van der Waals surface area contributed by atoms with Gasteiger partial charge in [-0.05, 0) is 76.5 Å². The van der Waals surface area contributed by atoms with Crippen LogP contribution in [0.5, 0.6) is 0 Å². The van der Waals surface area contributed by atoms with E-state index in [9.17, 15) is 8.42 Å². The number of sulfonamides is 1. The van der Waals surface area contributed by atoms with Crippen molar-refractivity contribution >= 4 is 15.7 Å². The molecule has 5 heteroatoms. The van der Waals surface area contributed by atoms with E-state index in [4.69, 9.17) is 0 Å². The normalized spacial score (nSPS) is 15.1. The minimum Gasteiger partial charge on any atom is -0.385 e. The Morgan fingerprint density at radius 1 is 1.00 bits per heavy atom. The lowest BCUT2D eigenvalue weighted by molar-refractivity contribution is 0.540. The van der Waals surface area contributed by atoms with Gasteiger partial charge in [-0.1, -0.05) is 18.6 Å². The van der Waals surface area contributed by atoms with Gasteiger partial charge in [0.15, 0.2) is 0 Å². The van der Waals surface area contributed by atoms with Crippen LogP contribution in [-0.4, -0.2) is 26.3 Å². The van der Waals surface area contributed by atoms with E-state index in [0.717, 1.165) is 25.8 Å². The number of rotatable bonds is 8. The number of nitrogens with one attached hydrogen (secondary N) is 2. The van der Waals surface area contributed by atoms with Gasteiger partial charge in [0.1, 0.15) is 0 Å². The van der Waals surface area contributed by atoms with Gasteiger partial charge in [-0.25, -0.2) is 13.1 Å². The highest BCUT2D eigenvalue weighted by Gasteiger charge is 2.27. The lowest BCUT2D eigenvalue weighted by Gasteiger charge is -2.20. The molecular formula is C19H32N2O2S. The van der Waals surface area contributed by atoms with Crippen LogP contribution in [0.2, 0.25) is 0 Å². The van der Waals surface area contributed by atoms with Crippen LogP contribution in [0.1, 0.15) is 64.0 Å². The summed E-state index contributed by atoms with van der Waals surface area (Å²) in [6.07, 6.45) is 7.95. The highest BCUT2D eigenvalue weighted by Crippen LogP contribution is 2.27. The van der Waals surface area contributed by atoms with Crippen molar-refractivity contribution in [3.63, 3.8) is 0 Å². The summed E-state index contributed by atoms with van der Waals surface area (Å²) in [5.41, 5.74) is 4.30. The van der Waals surface area contributed by atoms with Gasteiger partial charge in [0.05, 0.1) is 4.75 Å². The molecule has 4 nitrogen and oxygen atoms in total. The number of hydrogen-bond acceptors (Lipinski definition) is 3. The average Bonchev–Trinajstić information content (AvgIpc) is 2.53. The van der Waals surface area contributed by atoms with Crippen molar-refractivity contribution in [1.82, 2.24) is 4.72 Å². The molecule has 0 radical (unpaired) electrons. The molecule has 0 amide bonds. The first-order valence-corrected chi connectivity index (χ1v) is 10.6. The Bertz CT molecular complexity index is 633. The quantitative estimate of drug-likeness (QED) is 0.698. The molecule has 24 heavy (non-hydrogen) atoms. The molecular weight excluding hydrogens is 320 g/mol. The largest absolute Gasteiger partial charge is 0.385 e. The van der Waals surface area contributed by atoms with Crippen LogP contribution >= 0.6 is 0 Å². The second-order valence-electron chi connectivity index (χ2n) is 7.65. The van der Waals surface area contributed by atoms with Gasteiger partial charge in [-0.15, -0.1) is 0 Å². The van der Waals surface area contributed by atoms with Crippen molar-refractivity contribution in [2.45, 2.75) is 70.5 Å². The number of aryl methyl sites for hydroxylation is 1. The molecule has 0 saturated heterocycles. The van der Waals surface area contributed by atoms with Crippen molar-refractivity contribution in [2.75, 3.05) is 18.4 Å². The summed E-state index contributed by atoms with van der Waals surface area (Å²) in [6, 6.07) is 6.58. The maximum atomic E-state index is 11.9. The van der Waals surface area contributed by atoms with Crippen molar-refractivity contribution in [2.24, 2.45) is 0 Å². The summed E-state index contributed by atoms with van der Waals surface area (Å²) in [5, 5.41) is 3.57. The monoisotopic (exact) mass is 352 g/mol. The Morgan fingerprint density at radius 3 is 2.46 bits per heavy atom. The van der Waals surface area contributed by atoms with Gasteiger partial charge in [-0.2, -0.15) is 0 Å². The Balaban J connectivity index is 1.66. The predicted octanol–water partition coefficient (Wildman–Crippen LogP) is 3.87. The van der Waals surface area contributed by atoms with Crippen molar-refractivity contribution < 1.29 is 8.42 Å². The Kier molecular flexibility index (Phi) is 6.70. The van der Waals surface area contributed by atoms with E-state index < -0.39 is 14.8 Å². The fourth-order valence-electron chi connectivity index (χ4n) is 3.02. The zero-order chi connectivity index (χ0) is 17.6. The first-order valence-electron chi connectivity index (χ1n) is 9.15. The van der Waals surface area contributed by atoms with Gasteiger partial charge in [0.25, 0.3) is 0 Å². The fourth-order valence-corrected chi connectivity index (χ4v) is 3.87. The summed E-state index contributed by atoms with van der Waals surface area (Å²) >= 11 is 0. The Morgan fingerprint density at radius 2 is 1.71 bits per heavy atom. The van der Waals surface area contributed by atoms with Crippen LogP contribution in [0.25, 0.3) is 0 Å². The van der Waals surface area contributed by atoms with Gasteiger partial charge in [-0.3, -0.25) is 0 Å². The van der Waals surface area contributed by atoms with E-state index >= 15 is 0 Å². The van der Waals surface area contributed by atoms with E-state index in [0.29, 0.717) is 6.54 Å². The molecule has 0 aliphatic heterocycles. The van der Waals surface area contributed by atoms with Gasteiger partial charge >= 0.3 is 0 Å². The zero-order valence-corrected chi connectivity index (χ0v) is 16.1. The van der Waals surface area contributed by atoms with Crippen LogP contribution in [0.15, 0.2) is 18.2 Å². The molecule has 0 heterocycles. The van der Waals surface area contributed by atoms with Crippen LogP contribution in [0, 0.1) is 0 Å². The minimum atomic E-state index is -3.21. The smallest absolute Gasteiger partial charge is 0.216 e. The van der Waals surface area contributed by atoms with Crippen LogP contribution in [-0.2, 0) is 22.9 Å². The van der Waals surface area contributed by atoms with Crippen molar-refractivity contribution in [3.8, 4) is 0 Å². The molecule has 0 atom stereocenters. The standard InChI is InChI=1S/C19H32N2O2S/c1-19(2,3)24(22,23)21-15-8-4-7-14-20-18-13-9-11-16-10-5-6-12-17(16)18/h9,11,13,20-21H,4-8,10,12,14-15H2,1-3H3. The Hall–Kier alpha value is -1.07. The van der Waals surface area contributed by atoms with Crippen molar-refractivity contribution in [3.05, 3.63) is 29.3 Å². The highest BCUT2D eigenvalue weighted by atomic mass is 32.2. The third-order valence-electron chi connectivity index (χ3n) is 4.66. The molecule has 2 rings (SSSR count). The van der Waals surface area contributed by atoms with E-state index in [2.05, 4.69) is 28.2 Å². The van der Waals surface area contributed by atoms with Crippen LogP contribution < -0.4 is 10.0 Å². The molecule has 136 valence electrons. The van der Waals surface area contributed by atoms with Gasteiger partial charge in [0.2, 0.25) is 10.0 Å². The van der Waals surface area contributed by atoms with Gasteiger partial charge in [0, 0.05) is 18.8 Å². The minimum absolute atomic E-state index is 0.528. The van der Waals surface area contributed by atoms with Gasteiger partial charge < -0.3 is 5.32 Å². The number of unbranched alkanes of at least 4 members (excludes halogenated alkanes) is 2. The molecule has 0 bridgehead atoms. The zero-order valence-electron chi connectivity index (χ0n) is 15.3. The lowest BCUT2D eigenvalue weighted by atomic mass is 9.90. The SMILES string of the molecule is CC(C)(C)S(=O)(=O)NCCCCCNc1cccc2c1CCCC2. The Labute approximate surface area is 147 Å². The summed E-state index contributed by atoms with van der Waals surface area (Å²) in [4.78, 5) is 0. The van der Waals surface area contributed by atoms with E-state index in [-0.39, 0.29) is 0 Å². The molecule has 1 aromatic rings. The summed E-state index contributed by atoms with van der Waals surface area (Å²) in [6.45, 7) is 6.64. The molecule has 1 aliphatic carbocycles. The molecule has 0 unspecified atom stereocenters. The molecule has 1 aromatic carbocycles. The van der Waals surface area contributed by atoms with E-state index in [1.807, 2.05) is 0 Å². The van der Waals surface area contributed by atoms with Crippen LogP contribution in [0.4, 0.5) is 5.69 Å². The molecule has 0 fully saturated rings. The van der Waals surface area contributed by atoms with E-state index in [1.165, 1.54) is 42.5 Å². The number of hydrogen-bond donors (Lipinski definition) is 2. The van der Waals surface area contributed by atoms with Crippen molar-refractivity contribution in [1.29, 1.82) is 0 Å². The highest BCUT2D eigenvalue weighted by molar-refractivity contribution is 7.90. The first kappa shape index (κ1) is 19.3. The second kappa shape index (κ2) is 8.34. The average molecular weight is 353 g/mol. The third kappa shape index (κ3) is 5.21. The van der Waals surface area contributed by atoms with Crippen LogP contribution in [0.3, 0.4) is 0 Å². The third-order valence-corrected chi connectivity index (χ3v) is 6.86. The topological polar surface area (TPSA) is 58.2 Å². The number of fused-ring (bicyclic) bond motifs is 1. The molecule has 1 aliphatic rings. The lowest BCUT2D eigenvalue weighted by Crippen LogP contribution is -2.39. The number of benzene rings is 1. The van der Waals surface area contributed by atoms with E-state index in [1.54, 1.807) is 20.8 Å².